The van der Waals surface area contributed by atoms with Crippen molar-refractivity contribution in [3.63, 3.8) is 0 Å². The highest BCUT2D eigenvalue weighted by molar-refractivity contribution is 5.92. The Kier molecular flexibility index (Phi) is 4.66. The van der Waals surface area contributed by atoms with E-state index in [0.29, 0.717) is 37.3 Å². The number of nitrogens with zero attached hydrogens (tertiary/aromatic N) is 3. The van der Waals surface area contributed by atoms with Crippen molar-refractivity contribution >= 4 is 11.6 Å². The van der Waals surface area contributed by atoms with Crippen LogP contribution in [-0.2, 0) is 5.41 Å². The van der Waals surface area contributed by atoms with E-state index in [1.807, 2.05) is 24.4 Å². The van der Waals surface area contributed by atoms with E-state index in [9.17, 15) is 14.0 Å². The van der Waals surface area contributed by atoms with Crippen LogP contribution in [0.2, 0.25) is 0 Å². The number of fused-ring (bicyclic) bond motifs is 1. The van der Waals surface area contributed by atoms with E-state index in [4.69, 9.17) is 4.98 Å². The number of likely N-dealkylation sites (tertiary alicyclic amines) is 1. The number of amides is 1. The summed E-state index contributed by atoms with van der Waals surface area (Å²) in [6.45, 7) is 1.04. The number of benzene rings is 1. The van der Waals surface area contributed by atoms with Gasteiger partial charge in [0.1, 0.15) is 17.2 Å². The number of aromatic nitrogens is 3. The summed E-state index contributed by atoms with van der Waals surface area (Å²) in [5, 5.41) is 0. The highest BCUT2D eigenvalue weighted by Gasteiger charge is 2.41. The lowest BCUT2D eigenvalue weighted by molar-refractivity contribution is 0.0678. The first kappa shape index (κ1) is 19.2. The van der Waals surface area contributed by atoms with Crippen molar-refractivity contribution < 1.29 is 9.18 Å². The first-order valence-corrected chi connectivity index (χ1v) is 10.2. The summed E-state index contributed by atoms with van der Waals surface area (Å²) in [7, 11) is 0. The van der Waals surface area contributed by atoms with Gasteiger partial charge in [-0.25, -0.2) is 9.37 Å². The van der Waals surface area contributed by atoms with E-state index in [1.54, 1.807) is 27.5 Å². The molecule has 0 unspecified atom stereocenters. The van der Waals surface area contributed by atoms with Crippen molar-refractivity contribution in [1.29, 1.82) is 0 Å². The Bertz CT molecular complexity index is 1300. The van der Waals surface area contributed by atoms with Gasteiger partial charge in [0.05, 0.1) is 5.69 Å². The van der Waals surface area contributed by atoms with Crippen LogP contribution in [0, 0.1) is 5.82 Å². The summed E-state index contributed by atoms with van der Waals surface area (Å²) >= 11 is 0. The van der Waals surface area contributed by atoms with Gasteiger partial charge in [-0.1, -0.05) is 36.4 Å². The van der Waals surface area contributed by atoms with Gasteiger partial charge in [-0.2, -0.15) is 0 Å². The normalized spacial score (nSPS) is 15.8. The highest BCUT2D eigenvalue weighted by atomic mass is 19.1. The molecule has 0 saturated carbocycles. The molecular formula is C24H21FN4O2. The number of piperidine rings is 1. The second kappa shape index (κ2) is 7.50. The summed E-state index contributed by atoms with van der Waals surface area (Å²) < 4.78 is 15.4. The first-order chi connectivity index (χ1) is 15.0. The van der Waals surface area contributed by atoms with E-state index in [1.165, 1.54) is 18.3 Å². The fraction of sp³-hybridized carbons (Fsp3) is 0.208. The Labute approximate surface area is 178 Å². The molecule has 156 valence electrons. The van der Waals surface area contributed by atoms with Crippen molar-refractivity contribution in [1.82, 2.24) is 19.3 Å². The fourth-order valence-electron chi connectivity index (χ4n) is 4.48. The third-order valence-electron chi connectivity index (χ3n) is 6.13. The molecule has 0 bridgehead atoms. The van der Waals surface area contributed by atoms with Crippen molar-refractivity contribution in [2.24, 2.45) is 0 Å². The van der Waals surface area contributed by atoms with E-state index >= 15 is 0 Å². The largest absolute Gasteiger partial charge is 0.337 e. The van der Waals surface area contributed by atoms with Gasteiger partial charge in [-0.3, -0.25) is 9.59 Å². The molecule has 31 heavy (non-hydrogen) atoms. The van der Waals surface area contributed by atoms with Gasteiger partial charge in [0.15, 0.2) is 0 Å². The predicted molar refractivity (Wildman–Crippen MR) is 115 cm³/mol. The maximum atomic E-state index is 13.7. The van der Waals surface area contributed by atoms with Crippen molar-refractivity contribution in [3.8, 4) is 0 Å². The van der Waals surface area contributed by atoms with Crippen molar-refractivity contribution in [2.45, 2.75) is 18.3 Å². The average Bonchev–Trinajstić information content (AvgIpc) is 3.23. The number of nitrogens with one attached hydrogen (secondary N) is 1. The first-order valence-electron chi connectivity index (χ1n) is 10.2. The number of pyridine rings is 2. The molecular weight excluding hydrogens is 395 g/mol. The van der Waals surface area contributed by atoms with Crippen molar-refractivity contribution in [2.75, 3.05) is 13.1 Å². The molecule has 1 aliphatic rings. The molecule has 0 atom stereocenters. The third kappa shape index (κ3) is 3.42. The summed E-state index contributed by atoms with van der Waals surface area (Å²) in [6, 6.07) is 17.8. The second-order valence-corrected chi connectivity index (χ2v) is 7.91. The van der Waals surface area contributed by atoms with Crippen LogP contribution in [0.4, 0.5) is 4.39 Å². The van der Waals surface area contributed by atoms with Gasteiger partial charge >= 0.3 is 0 Å². The van der Waals surface area contributed by atoms with Crippen LogP contribution in [0.25, 0.3) is 5.65 Å². The monoisotopic (exact) mass is 416 g/mol. The zero-order valence-electron chi connectivity index (χ0n) is 16.8. The second-order valence-electron chi connectivity index (χ2n) is 7.91. The number of aromatic amines is 1. The van der Waals surface area contributed by atoms with Gasteiger partial charge in [-0.15, -0.1) is 0 Å². The molecule has 0 aliphatic carbocycles. The lowest BCUT2D eigenvalue weighted by atomic mass is 9.70. The summed E-state index contributed by atoms with van der Waals surface area (Å²) in [4.78, 5) is 33.7. The number of rotatable bonds is 3. The maximum absolute atomic E-state index is 13.7. The molecule has 4 aromatic rings. The third-order valence-corrected chi connectivity index (χ3v) is 6.13. The molecule has 6 nitrogen and oxygen atoms in total. The van der Waals surface area contributed by atoms with Gasteiger partial charge in [0, 0.05) is 37.0 Å². The topological polar surface area (TPSA) is 70.5 Å². The Morgan fingerprint density at radius 3 is 2.48 bits per heavy atom. The van der Waals surface area contributed by atoms with Crippen LogP contribution in [0.3, 0.4) is 0 Å². The smallest absolute Gasteiger partial charge is 0.270 e. The molecule has 4 heterocycles. The minimum Gasteiger partial charge on any atom is -0.337 e. The molecule has 0 spiro atoms. The van der Waals surface area contributed by atoms with E-state index < -0.39 is 0 Å². The molecule has 1 amide bonds. The summed E-state index contributed by atoms with van der Waals surface area (Å²) in [5.41, 5.74) is 2.29. The van der Waals surface area contributed by atoms with Crippen LogP contribution in [-0.4, -0.2) is 38.3 Å². The van der Waals surface area contributed by atoms with E-state index in [2.05, 4.69) is 17.1 Å². The number of halogens is 1. The van der Waals surface area contributed by atoms with Gasteiger partial charge < -0.3 is 14.3 Å². The number of carbonyl (C=O) groups excluding carboxylic acids is 1. The van der Waals surface area contributed by atoms with E-state index in [0.717, 1.165) is 11.3 Å². The highest BCUT2D eigenvalue weighted by Crippen LogP contribution is 2.41. The number of imidazole rings is 1. The fourth-order valence-corrected chi connectivity index (χ4v) is 4.48. The average molecular weight is 416 g/mol. The summed E-state index contributed by atoms with van der Waals surface area (Å²) in [5.74, 6) is -0.501. The molecule has 7 heteroatoms. The SMILES string of the molecule is O=C(c1cccc(=O)[nH]1)N1CCC(c2ccccc2)(c2cn3cc(F)ccc3n2)CC1. The molecule has 1 fully saturated rings. The molecule has 1 saturated heterocycles. The zero-order chi connectivity index (χ0) is 21.4. The van der Waals surface area contributed by atoms with Gasteiger partial charge in [-0.05, 0) is 36.6 Å². The van der Waals surface area contributed by atoms with Crippen molar-refractivity contribution in [3.05, 3.63) is 106 Å². The lowest BCUT2D eigenvalue weighted by Crippen LogP contribution is -2.46. The minimum absolute atomic E-state index is 0.184. The molecule has 0 radical (unpaired) electrons. The Morgan fingerprint density at radius 1 is 0.968 bits per heavy atom. The maximum Gasteiger partial charge on any atom is 0.270 e. The Morgan fingerprint density at radius 2 is 1.74 bits per heavy atom. The van der Waals surface area contributed by atoms with E-state index in [-0.39, 0.29) is 22.7 Å². The van der Waals surface area contributed by atoms with Gasteiger partial charge in [0.25, 0.3) is 5.91 Å². The lowest BCUT2D eigenvalue weighted by Gasteiger charge is -2.41. The zero-order valence-corrected chi connectivity index (χ0v) is 16.8. The number of hydrogen-bond donors (Lipinski definition) is 1. The number of hydrogen-bond acceptors (Lipinski definition) is 3. The van der Waals surface area contributed by atoms with Crippen LogP contribution in [0.1, 0.15) is 34.6 Å². The van der Waals surface area contributed by atoms with Crippen LogP contribution >= 0.6 is 0 Å². The van der Waals surface area contributed by atoms with Crippen LogP contribution in [0.15, 0.2) is 77.9 Å². The molecule has 5 rings (SSSR count). The number of carbonyl (C=O) groups is 1. The molecule has 1 aliphatic heterocycles. The molecule has 1 aromatic carbocycles. The van der Waals surface area contributed by atoms with Crippen LogP contribution in [0.5, 0.6) is 0 Å². The standard InChI is InChI=1S/C24H21FN4O2/c25-18-9-10-21-27-20(16-29(21)15-18)24(17-5-2-1-3-6-17)11-13-28(14-12-24)23(31)19-7-4-8-22(30)26-19/h1-10,15-16H,11-14H2,(H,26,30). The molecule has 1 N–H and O–H groups in total. The van der Waals surface area contributed by atoms with Crippen LogP contribution < -0.4 is 5.56 Å². The Balaban J connectivity index is 1.50. The van der Waals surface area contributed by atoms with Gasteiger partial charge in [0.2, 0.25) is 5.56 Å². The number of H-pyrrole nitrogens is 1. The summed E-state index contributed by atoms with van der Waals surface area (Å²) in [6.07, 6.45) is 4.66. The quantitative estimate of drug-likeness (QED) is 0.557. The predicted octanol–water partition coefficient (Wildman–Crippen LogP) is 3.38. The Hall–Kier alpha value is -3.74. The molecule has 3 aromatic heterocycles. The minimum atomic E-state index is -0.384.